The molecule has 0 aromatic heterocycles. The summed E-state index contributed by atoms with van der Waals surface area (Å²) < 4.78 is 13.0. The topological polar surface area (TPSA) is 46.2 Å². The molecule has 0 heterocycles. The molecule has 0 radical (unpaired) electrons. The van der Waals surface area contributed by atoms with Gasteiger partial charge in [0.1, 0.15) is 5.82 Å². The summed E-state index contributed by atoms with van der Waals surface area (Å²) in [5.41, 5.74) is 5.69. The van der Waals surface area contributed by atoms with Gasteiger partial charge in [0.15, 0.2) is 0 Å². The Balaban J connectivity index is 3.01. The first-order valence-electron chi connectivity index (χ1n) is 3.46. The summed E-state index contributed by atoms with van der Waals surface area (Å²) in [5.74, 6) is -0.482. The Morgan fingerprint density at radius 3 is 2.75 bits per heavy atom. The molecule has 1 unspecified atom stereocenters. The van der Waals surface area contributed by atoms with Gasteiger partial charge in [-0.2, -0.15) is 0 Å². The van der Waals surface area contributed by atoms with Crippen molar-refractivity contribution in [1.82, 2.24) is 0 Å². The molecule has 12 heavy (non-hydrogen) atoms. The van der Waals surface area contributed by atoms with E-state index >= 15 is 0 Å². The molecule has 3 N–H and O–H groups in total. The summed E-state index contributed by atoms with van der Waals surface area (Å²) in [5, 5.41) is 8.98. The standard InChI is InChI=1S/C8H9ClFNO/c9-5-1-2-6(7(10)3-5)8(11)4-12/h1-3,8,12H,4,11H2. The molecule has 0 saturated heterocycles. The molecule has 0 saturated carbocycles. The van der Waals surface area contributed by atoms with E-state index in [4.69, 9.17) is 22.4 Å². The molecule has 0 amide bonds. The Hall–Kier alpha value is -0.640. The molecular weight excluding hydrogens is 181 g/mol. The van der Waals surface area contributed by atoms with Crippen molar-refractivity contribution in [2.24, 2.45) is 5.73 Å². The average Bonchev–Trinajstić information content (AvgIpc) is 2.03. The normalized spacial score (nSPS) is 13.0. The van der Waals surface area contributed by atoms with Crippen LogP contribution in [0.25, 0.3) is 0 Å². The van der Waals surface area contributed by atoms with Crippen molar-refractivity contribution in [2.45, 2.75) is 6.04 Å². The Morgan fingerprint density at radius 1 is 1.58 bits per heavy atom. The molecule has 1 atom stereocenters. The van der Waals surface area contributed by atoms with Crippen LogP contribution >= 0.6 is 11.6 Å². The summed E-state index contributed by atoms with van der Waals surface area (Å²) in [4.78, 5) is 0. The van der Waals surface area contributed by atoms with E-state index in [1.54, 1.807) is 0 Å². The van der Waals surface area contributed by atoms with Crippen LogP contribution in [0, 0.1) is 5.82 Å². The molecule has 0 aliphatic rings. The first kappa shape index (κ1) is 9.45. The molecule has 0 fully saturated rings. The third-order valence-electron chi connectivity index (χ3n) is 1.56. The van der Waals surface area contributed by atoms with Crippen molar-refractivity contribution in [3.05, 3.63) is 34.6 Å². The second-order valence-electron chi connectivity index (χ2n) is 2.45. The SMILES string of the molecule is NC(CO)c1ccc(Cl)cc1F. The van der Waals surface area contributed by atoms with Crippen molar-refractivity contribution in [3.8, 4) is 0 Å². The van der Waals surface area contributed by atoms with Gasteiger partial charge in [-0.3, -0.25) is 0 Å². The van der Waals surface area contributed by atoms with Gasteiger partial charge >= 0.3 is 0 Å². The number of aliphatic hydroxyl groups is 1. The van der Waals surface area contributed by atoms with Crippen LogP contribution in [0.3, 0.4) is 0 Å². The van der Waals surface area contributed by atoms with Crippen LogP contribution in [0.4, 0.5) is 4.39 Å². The van der Waals surface area contributed by atoms with E-state index in [2.05, 4.69) is 0 Å². The Bertz CT molecular complexity index is 280. The summed E-state index contributed by atoms with van der Waals surface area (Å²) in [6, 6.07) is 3.50. The van der Waals surface area contributed by atoms with Gasteiger partial charge in [-0.05, 0) is 12.1 Å². The van der Waals surface area contributed by atoms with Gasteiger partial charge in [-0.25, -0.2) is 4.39 Å². The smallest absolute Gasteiger partial charge is 0.129 e. The molecule has 0 aliphatic heterocycles. The van der Waals surface area contributed by atoms with Gasteiger partial charge in [-0.1, -0.05) is 17.7 Å². The molecule has 0 bridgehead atoms. The number of hydrogen-bond donors (Lipinski definition) is 2. The third-order valence-corrected chi connectivity index (χ3v) is 1.79. The quantitative estimate of drug-likeness (QED) is 0.740. The fourth-order valence-electron chi connectivity index (χ4n) is 0.901. The highest BCUT2D eigenvalue weighted by Gasteiger charge is 2.09. The summed E-state index contributed by atoms with van der Waals surface area (Å²) in [6.45, 7) is -0.279. The number of halogens is 2. The first-order chi connectivity index (χ1) is 5.65. The number of nitrogens with two attached hydrogens (primary N) is 1. The largest absolute Gasteiger partial charge is 0.394 e. The maximum absolute atomic E-state index is 13.0. The van der Waals surface area contributed by atoms with E-state index in [0.29, 0.717) is 5.02 Å². The maximum Gasteiger partial charge on any atom is 0.129 e. The number of hydrogen-bond acceptors (Lipinski definition) is 2. The maximum atomic E-state index is 13.0. The molecule has 1 aromatic rings. The van der Waals surface area contributed by atoms with Crippen LogP contribution in [0.15, 0.2) is 18.2 Å². The minimum Gasteiger partial charge on any atom is -0.394 e. The predicted octanol–water partition coefficient (Wildman–Crippen LogP) is 1.47. The lowest BCUT2D eigenvalue weighted by Gasteiger charge is -2.09. The molecule has 66 valence electrons. The fourth-order valence-corrected chi connectivity index (χ4v) is 1.06. The highest BCUT2D eigenvalue weighted by atomic mass is 35.5. The van der Waals surface area contributed by atoms with E-state index in [-0.39, 0.29) is 12.2 Å². The molecular formula is C8H9ClFNO. The van der Waals surface area contributed by atoms with Gasteiger partial charge in [0, 0.05) is 10.6 Å². The monoisotopic (exact) mass is 189 g/mol. The van der Waals surface area contributed by atoms with Gasteiger partial charge in [-0.15, -0.1) is 0 Å². The summed E-state index contributed by atoms with van der Waals surface area (Å²) >= 11 is 5.52. The minimum absolute atomic E-state index is 0.279. The second kappa shape index (κ2) is 3.85. The second-order valence-corrected chi connectivity index (χ2v) is 2.89. The zero-order chi connectivity index (χ0) is 9.14. The molecule has 1 aromatic carbocycles. The van der Waals surface area contributed by atoms with Crippen LogP contribution in [0.2, 0.25) is 5.02 Å². The molecule has 0 spiro atoms. The minimum atomic E-state index is -0.678. The van der Waals surface area contributed by atoms with E-state index in [1.807, 2.05) is 0 Å². The van der Waals surface area contributed by atoms with Gasteiger partial charge in [0.2, 0.25) is 0 Å². The number of rotatable bonds is 2. The summed E-state index contributed by atoms with van der Waals surface area (Å²) in [7, 11) is 0. The Labute approximate surface area is 74.8 Å². The van der Waals surface area contributed by atoms with Gasteiger partial charge in [0.25, 0.3) is 0 Å². The van der Waals surface area contributed by atoms with Crippen LogP contribution in [-0.2, 0) is 0 Å². The first-order valence-corrected chi connectivity index (χ1v) is 3.84. The number of aliphatic hydroxyl groups excluding tert-OH is 1. The number of benzene rings is 1. The van der Waals surface area contributed by atoms with Crippen LogP contribution < -0.4 is 5.73 Å². The summed E-state index contributed by atoms with van der Waals surface area (Å²) in [6.07, 6.45) is 0. The highest BCUT2D eigenvalue weighted by molar-refractivity contribution is 6.30. The van der Waals surface area contributed by atoms with E-state index < -0.39 is 11.9 Å². The van der Waals surface area contributed by atoms with E-state index in [0.717, 1.165) is 0 Å². The zero-order valence-corrected chi connectivity index (χ0v) is 7.05. The van der Waals surface area contributed by atoms with Crippen molar-refractivity contribution in [3.63, 3.8) is 0 Å². The molecule has 1 rings (SSSR count). The lowest BCUT2D eigenvalue weighted by Crippen LogP contribution is -2.15. The highest BCUT2D eigenvalue weighted by Crippen LogP contribution is 2.18. The molecule has 2 nitrogen and oxygen atoms in total. The van der Waals surface area contributed by atoms with Crippen LogP contribution in [0.1, 0.15) is 11.6 Å². The Kier molecular flexibility index (Phi) is 3.03. The molecule has 4 heteroatoms. The zero-order valence-electron chi connectivity index (χ0n) is 6.30. The lowest BCUT2D eigenvalue weighted by atomic mass is 10.1. The average molecular weight is 190 g/mol. The van der Waals surface area contributed by atoms with E-state index in [9.17, 15) is 4.39 Å². The van der Waals surface area contributed by atoms with Crippen molar-refractivity contribution in [2.75, 3.05) is 6.61 Å². The predicted molar refractivity (Wildman–Crippen MR) is 45.4 cm³/mol. The van der Waals surface area contributed by atoms with Crippen molar-refractivity contribution < 1.29 is 9.50 Å². The van der Waals surface area contributed by atoms with Gasteiger partial charge in [0.05, 0.1) is 12.6 Å². The van der Waals surface area contributed by atoms with Gasteiger partial charge < -0.3 is 10.8 Å². The van der Waals surface area contributed by atoms with Crippen LogP contribution in [-0.4, -0.2) is 11.7 Å². The van der Waals surface area contributed by atoms with Crippen molar-refractivity contribution >= 4 is 11.6 Å². The molecule has 0 aliphatic carbocycles. The lowest BCUT2D eigenvalue weighted by molar-refractivity contribution is 0.265. The van der Waals surface area contributed by atoms with E-state index in [1.165, 1.54) is 18.2 Å². The van der Waals surface area contributed by atoms with Crippen molar-refractivity contribution in [1.29, 1.82) is 0 Å². The fraction of sp³-hybridized carbons (Fsp3) is 0.250. The Morgan fingerprint density at radius 2 is 2.25 bits per heavy atom. The third kappa shape index (κ3) is 1.94. The van der Waals surface area contributed by atoms with Crippen LogP contribution in [0.5, 0.6) is 0 Å².